The maximum absolute atomic E-state index is 11.1. The number of amides is 1. The van der Waals surface area contributed by atoms with Crippen molar-refractivity contribution in [1.82, 2.24) is 10.5 Å². The van der Waals surface area contributed by atoms with E-state index in [1.54, 1.807) is 11.6 Å². The Morgan fingerprint density at radius 2 is 1.81 bits per heavy atom. The minimum absolute atomic E-state index is 0.513. The maximum atomic E-state index is 11.1. The summed E-state index contributed by atoms with van der Waals surface area (Å²) in [5, 5.41) is 9.96. The summed E-state index contributed by atoms with van der Waals surface area (Å²) in [7, 11) is 0. The number of carbonyl (C=O) groups excluding carboxylic acids is 1. The normalized spacial score (nSPS) is 19.3. The van der Waals surface area contributed by atoms with Crippen molar-refractivity contribution in [2.75, 3.05) is 0 Å². The van der Waals surface area contributed by atoms with Crippen molar-refractivity contribution in [3.63, 3.8) is 0 Å². The minimum atomic E-state index is -0.513. The van der Waals surface area contributed by atoms with Gasteiger partial charge in [0.1, 0.15) is 0 Å². The number of hydrogen-bond acceptors (Lipinski definition) is 2. The van der Waals surface area contributed by atoms with Gasteiger partial charge in [0.2, 0.25) is 0 Å². The first-order valence-corrected chi connectivity index (χ1v) is 11.9. The van der Waals surface area contributed by atoms with Gasteiger partial charge >= 0.3 is 0 Å². The quantitative estimate of drug-likeness (QED) is 0.177. The second-order valence-corrected chi connectivity index (χ2v) is 9.31. The van der Waals surface area contributed by atoms with Gasteiger partial charge in [0, 0.05) is 22.7 Å². The summed E-state index contributed by atoms with van der Waals surface area (Å²) < 4.78 is 0. The zero-order valence-corrected chi connectivity index (χ0v) is 18.9. The number of hydrogen-bond donors (Lipinski definition) is 3. The first-order chi connectivity index (χ1) is 15.6. The largest absolute Gasteiger partial charge is 0.358 e. The van der Waals surface area contributed by atoms with Gasteiger partial charge in [-0.15, -0.1) is 0 Å². The Hall–Kier alpha value is -2.85. The number of aryl methyl sites for hydroxylation is 2. The van der Waals surface area contributed by atoms with Gasteiger partial charge in [-0.1, -0.05) is 68.1 Å². The van der Waals surface area contributed by atoms with Crippen LogP contribution in [0, 0.1) is 18.8 Å². The molecule has 1 fully saturated rings. The lowest BCUT2D eigenvalue weighted by atomic mass is 9.89. The van der Waals surface area contributed by atoms with E-state index >= 15 is 0 Å². The van der Waals surface area contributed by atoms with Gasteiger partial charge in [0.05, 0.1) is 0 Å². The molecule has 3 N–H and O–H groups in total. The Balaban J connectivity index is 1.28. The fraction of sp³-hybridized carbons (Fsp3) is 0.393. The summed E-state index contributed by atoms with van der Waals surface area (Å²) in [6.45, 7) is 2.22. The highest BCUT2D eigenvalue weighted by Crippen LogP contribution is 2.34. The van der Waals surface area contributed by atoms with Crippen LogP contribution in [0.5, 0.6) is 0 Å². The van der Waals surface area contributed by atoms with Gasteiger partial charge in [-0.3, -0.25) is 10.0 Å². The second kappa shape index (κ2) is 10.6. The van der Waals surface area contributed by atoms with Crippen molar-refractivity contribution in [2.45, 2.75) is 58.3 Å². The Morgan fingerprint density at radius 1 is 1.06 bits per heavy atom. The van der Waals surface area contributed by atoms with E-state index in [9.17, 15) is 4.79 Å². The number of aromatic amines is 1. The number of H-pyrrole nitrogens is 1. The number of aromatic nitrogens is 1. The van der Waals surface area contributed by atoms with E-state index in [4.69, 9.17) is 5.21 Å². The zero-order valence-electron chi connectivity index (χ0n) is 18.9. The van der Waals surface area contributed by atoms with E-state index in [0.717, 1.165) is 23.8 Å². The molecule has 1 saturated carbocycles. The van der Waals surface area contributed by atoms with Crippen molar-refractivity contribution in [3.8, 4) is 0 Å². The lowest BCUT2D eigenvalue weighted by Gasteiger charge is -2.16. The van der Waals surface area contributed by atoms with E-state index < -0.39 is 5.91 Å². The predicted octanol–water partition coefficient (Wildman–Crippen LogP) is 6.37. The van der Waals surface area contributed by atoms with Crippen LogP contribution in [-0.2, 0) is 17.6 Å². The average Bonchev–Trinajstić information content (AvgIpc) is 2.97. The molecule has 1 unspecified atom stereocenters. The molecule has 1 heterocycles. The molecule has 1 aliphatic rings. The SMILES string of the molecule is Cc1[nH]c2ccccc2c1C[C@H]1CCCC(CCc2ccc(/C=C/C(=O)NO)cc2)CC1. The summed E-state index contributed by atoms with van der Waals surface area (Å²) in [6, 6.07) is 17.1. The number of fused-ring (bicyclic) bond motifs is 1. The van der Waals surface area contributed by atoms with Gasteiger partial charge < -0.3 is 4.98 Å². The summed E-state index contributed by atoms with van der Waals surface area (Å²) in [6.07, 6.45) is 13.3. The van der Waals surface area contributed by atoms with Crippen LogP contribution in [0.15, 0.2) is 54.6 Å². The third-order valence-electron chi connectivity index (χ3n) is 7.09. The van der Waals surface area contributed by atoms with Gasteiger partial charge in [-0.05, 0) is 73.3 Å². The lowest BCUT2D eigenvalue weighted by Crippen LogP contribution is -2.14. The van der Waals surface area contributed by atoms with Crippen LogP contribution >= 0.6 is 0 Å². The molecule has 1 aliphatic carbocycles. The Labute approximate surface area is 190 Å². The van der Waals surface area contributed by atoms with Gasteiger partial charge in [-0.25, -0.2) is 5.48 Å². The molecule has 2 atom stereocenters. The highest BCUT2D eigenvalue weighted by molar-refractivity contribution is 5.90. The van der Waals surface area contributed by atoms with Crippen LogP contribution < -0.4 is 5.48 Å². The molecule has 0 spiro atoms. The third kappa shape index (κ3) is 5.68. The summed E-state index contributed by atoms with van der Waals surface area (Å²) in [5.74, 6) is 1.09. The predicted molar refractivity (Wildman–Crippen MR) is 131 cm³/mol. The summed E-state index contributed by atoms with van der Waals surface area (Å²) >= 11 is 0. The highest BCUT2D eigenvalue weighted by atomic mass is 16.5. The van der Waals surface area contributed by atoms with E-state index in [0.29, 0.717) is 0 Å². The van der Waals surface area contributed by atoms with Crippen LogP contribution in [0.1, 0.15) is 60.9 Å². The number of nitrogens with one attached hydrogen (secondary N) is 2. The molecule has 0 saturated heterocycles. The third-order valence-corrected chi connectivity index (χ3v) is 7.09. The van der Waals surface area contributed by atoms with Gasteiger partial charge in [0.25, 0.3) is 5.91 Å². The maximum Gasteiger partial charge on any atom is 0.267 e. The van der Waals surface area contributed by atoms with Crippen molar-refractivity contribution in [3.05, 3.63) is 77.0 Å². The number of rotatable bonds is 7. The van der Waals surface area contributed by atoms with E-state index in [-0.39, 0.29) is 0 Å². The summed E-state index contributed by atoms with van der Waals surface area (Å²) in [4.78, 5) is 14.7. The molecule has 3 aromatic rings. The molecule has 4 nitrogen and oxygen atoms in total. The summed E-state index contributed by atoms with van der Waals surface area (Å²) in [5.41, 5.74) is 8.04. The van der Waals surface area contributed by atoms with Gasteiger partial charge in [-0.2, -0.15) is 0 Å². The van der Waals surface area contributed by atoms with Crippen molar-refractivity contribution in [2.24, 2.45) is 11.8 Å². The highest BCUT2D eigenvalue weighted by Gasteiger charge is 2.21. The monoisotopic (exact) mass is 430 g/mol. The molecule has 4 heteroatoms. The molecule has 1 aromatic heterocycles. The van der Waals surface area contributed by atoms with Crippen molar-refractivity contribution in [1.29, 1.82) is 0 Å². The first kappa shape index (κ1) is 22.3. The number of carbonyl (C=O) groups is 1. The molecule has 4 rings (SSSR count). The molecule has 0 bridgehead atoms. The van der Waals surface area contributed by atoms with E-state index in [1.165, 1.54) is 78.7 Å². The smallest absolute Gasteiger partial charge is 0.267 e. The number of hydroxylamine groups is 1. The molecule has 0 aliphatic heterocycles. The van der Waals surface area contributed by atoms with Crippen LogP contribution in [0.4, 0.5) is 0 Å². The van der Waals surface area contributed by atoms with E-state index in [1.807, 2.05) is 12.1 Å². The van der Waals surface area contributed by atoms with Crippen LogP contribution in [0.3, 0.4) is 0 Å². The van der Waals surface area contributed by atoms with E-state index in [2.05, 4.69) is 48.3 Å². The topological polar surface area (TPSA) is 65.1 Å². The van der Waals surface area contributed by atoms with Crippen LogP contribution in [0.25, 0.3) is 17.0 Å². The second-order valence-electron chi connectivity index (χ2n) is 9.31. The Morgan fingerprint density at radius 3 is 2.62 bits per heavy atom. The fourth-order valence-corrected chi connectivity index (χ4v) is 5.21. The molecule has 2 aromatic carbocycles. The molecular weight excluding hydrogens is 396 g/mol. The number of benzene rings is 2. The lowest BCUT2D eigenvalue weighted by molar-refractivity contribution is -0.124. The standard InChI is InChI=1S/C28H34N2O2/c1-20-26(25-7-2-3-8-27(25)29-20)19-24-6-4-5-21(15-16-24)9-10-22-11-13-23(14-12-22)17-18-28(31)30-32/h2-3,7-8,11-14,17-18,21,24,29,32H,4-6,9-10,15-16,19H2,1H3,(H,30,31)/b18-17+/t21?,24-/m0/s1. The Kier molecular flexibility index (Phi) is 7.43. The molecule has 0 radical (unpaired) electrons. The number of para-hydroxylation sites is 1. The average molecular weight is 431 g/mol. The fourth-order valence-electron chi connectivity index (χ4n) is 5.21. The first-order valence-electron chi connectivity index (χ1n) is 11.9. The molecular formula is C28H34N2O2. The van der Waals surface area contributed by atoms with Crippen LogP contribution in [0.2, 0.25) is 0 Å². The van der Waals surface area contributed by atoms with Crippen molar-refractivity contribution < 1.29 is 10.0 Å². The van der Waals surface area contributed by atoms with Gasteiger partial charge in [0.15, 0.2) is 0 Å². The molecule has 32 heavy (non-hydrogen) atoms. The van der Waals surface area contributed by atoms with Crippen LogP contribution in [-0.4, -0.2) is 16.1 Å². The minimum Gasteiger partial charge on any atom is -0.358 e. The van der Waals surface area contributed by atoms with Crippen molar-refractivity contribution >= 4 is 22.9 Å². The molecule has 1 amide bonds. The Bertz CT molecular complexity index is 1060. The zero-order chi connectivity index (χ0) is 22.3. The molecule has 168 valence electrons.